The Morgan fingerprint density at radius 2 is 1.73 bits per heavy atom. The van der Waals surface area contributed by atoms with Crippen molar-refractivity contribution in [1.29, 1.82) is 0 Å². The quantitative estimate of drug-likeness (QED) is 0.359. The molecule has 4 aliphatic rings. The smallest absolute Gasteiger partial charge is 0.376 e. The minimum absolute atomic E-state index is 0.164. The van der Waals surface area contributed by atoms with Gasteiger partial charge in [-0.05, 0) is 90.6 Å². The van der Waals surface area contributed by atoms with Crippen molar-refractivity contribution in [1.82, 2.24) is 0 Å². The molecule has 4 fully saturated rings. The van der Waals surface area contributed by atoms with Crippen LogP contribution in [0.5, 0.6) is 0 Å². The van der Waals surface area contributed by atoms with Crippen molar-refractivity contribution in [3.8, 4) is 0 Å². The number of fused-ring (bicyclic) bond motifs is 9. The fourth-order valence-corrected chi connectivity index (χ4v) is 6.59. The molecule has 0 amide bonds. The third-order valence-electron chi connectivity index (χ3n) is 7.08. The molecule has 0 spiro atoms. The van der Waals surface area contributed by atoms with E-state index in [2.05, 4.69) is 10.0 Å². The molecule has 1 N–H and O–H groups in total. The van der Waals surface area contributed by atoms with Crippen LogP contribution in [0.1, 0.15) is 38.5 Å². The zero-order valence-corrected chi connectivity index (χ0v) is 12.2. The zero-order chi connectivity index (χ0) is 15.7. The van der Waals surface area contributed by atoms with Crippen LogP contribution >= 0.6 is 0 Å². The summed E-state index contributed by atoms with van der Waals surface area (Å²) in [5, 5.41) is 12.6. The maximum absolute atomic E-state index is 13.1. The van der Waals surface area contributed by atoms with Gasteiger partial charge in [-0.2, -0.15) is 13.2 Å². The average Bonchev–Trinajstić information content (AvgIpc) is 3.16. The standard InChI is InChI=1S/C15H20F3N3O/c16-15(17,18)14(22,20-21-19)6-10-4-9-5-11(10)13-8-2-1-7(3-8)12(9)13/h7-13,22H,1-6H2. The van der Waals surface area contributed by atoms with E-state index in [4.69, 9.17) is 5.53 Å². The molecule has 0 radical (unpaired) electrons. The lowest BCUT2D eigenvalue weighted by Crippen LogP contribution is -2.46. The molecule has 4 saturated carbocycles. The average molecular weight is 315 g/mol. The topological polar surface area (TPSA) is 69.0 Å². The van der Waals surface area contributed by atoms with E-state index >= 15 is 0 Å². The molecule has 0 heterocycles. The van der Waals surface area contributed by atoms with E-state index in [1.807, 2.05) is 0 Å². The summed E-state index contributed by atoms with van der Waals surface area (Å²) in [6, 6.07) is 0. The lowest BCUT2D eigenvalue weighted by atomic mass is 9.66. The number of nitrogens with zero attached hydrogens (tertiary/aromatic N) is 3. The summed E-state index contributed by atoms with van der Waals surface area (Å²) in [6.07, 6.45) is 0.171. The predicted molar refractivity (Wildman–Crippen MR) is 72.3 cm³/mol. The van der Waals surface area contributed by atoms with Crippen molar-refractivity contribution >= 4 is 0 Å². The summed E-state index contributed by atoms with van der Waals surface area (Å²) in [5.74, 6) is 3.41. The van der Waals surface area contributed by atoms with E-state index in [-0.39, 0.29) is 11.8 Å². The van der Waals surface area contributed by atoms with Crippen LogP contribution in [0.25, 0.3) is 10.4 Å². The molecule has 8 unspecified atom stereocenters. The number of rotatable bonds is 3. The van der Waals surface area contributed by atoms with Gasteiger partial charge in [-0.3, -0.25) is 0 Å². The number of alkyl halides is 3. The Kier molecular flexibility index (Phi) is 3.02. The second kappa shape index (κ2) is 4.54. The predicted octanol–water partition coefficient (Wildman–Crippen LogP) is 4.26. The van der Waals surface area contributed by atoms with Crippen LogP contribution in [0.15, 0.2) is 5.11 Å². The van der Waals surface area contributed by atoms with Crippen LogP contribution in [0.3, 0.4) is 0 Å². The largest absolute Gasteiger partial charge is 0.423 e. The van der Waals surface area contributed by atoms with E-state index in [9.17, 15) is 18.3 Å². The molecule has 4 nitrogen and oxygen atoms in total. The van der Waals surface area contributed by atoms with Crippen molar-refractivity contribution in [2.45, 2.75) is 50.4 Å². The monoisotopic (exact) mass is 315 g/mol. The Morgan fingerprint density at radius 3 is 2.36 bits per heavy atom. The van der Waals surface area contributed by atoms with Gasteiger partial charge < -0.3 is 5.11 Å². The normalized spacial score (nSPS) is 48.1. The summed E-state index contributed by atoms with van der Waals surface area (Å²) in [6.45, 7) is 0. The van der Waals surface area contributed by atoms with Gasteiger partial charge in [0.05, 0.1) is 0 Å². The summed E-state index contributed by atoms with van der Waals surface area (Å²) >= 11 is 0. The molecule has 4 bridgehead atoms. The van der Waals surface area contributed by atoms with E-state index < -0.39 is 18.3 Å². The second-order valence-corrected chi connectivity index (χ2v) is 7.85. The maximum Gasteiger partial charge on any atom is 0.423 e. The molecule has 0 saturated heterocycles. The molecule has 0 aromatic carbocycles. The van der Waals surface area contributed by atoms with Crippen LogP contribution in [-0.2, 0) is 0 Å². The van der Waals surface area contributed by atoms with Gasteiger partial charge in [0.25, 0.3) is 0 Å². The van der Waals surface area contributed by atoms with Crippen LogP contribution in [0.4, 0.5) is 13.2 Å². The third kappa shape index (κ3) is 1.84. The Hall–Kier alpha value is -0.940. The highest BCUT2D eigenvalue weighted by atomic mass is 19.4. The molecule has 122 valence electrons. The number of hydrogen-bond donors (Lipinski definition) is 1. The first-order chi connectivity index (χ1) is 10.3. The fourth-order valence-electron chi connectivity index (χ4n) is 6.59. The SMILES string of the molecule is [N-]=[N+]=NC(O)(CC1CC2CC1C1C3CCC(C3)C21)C(F)(F)F. The number of hydrogen-bond acceptors (Lipinski definition) is 2. The van der Waals surface area contributed by atoms with E-state index in [1.165, 1.54) is 19.3 Å². The molecular weight excluding hydrogens is 295 g/mol. The molecule has 7 heteroatoms. The minimum Gasteiger partial charge on any atom is -0.376 e. The lowest BCUT2D eigenvalue weighted by molar-refractivity contribution is -0.265. The van der Waals surface area contributed by atoms with E-state index in [0.29, 0.717) is 17.8 Å². The summed E-state index contributed by atoms with van der Waals surface area (Å²) in [7, 11) is 0. The fraction of sp³-hybridized carbons (Fsp3) is 1.00. The highest BCUT2D eigenvalue weighted by Crippen LogP contribution is 2.69. The number of aliphatic hydroxyl groups is 1. The van der Waals surface area contributed by atoms with Crippen molar-refractivity contribution < 1.29 is 18.3 Å². The van der Waals surface area contributed by atoms with Crippen molar-refractivity contribution in [2.24, 2.45) is 46.5 Å². The number of halogens is 3. The van der Waals surface area contributed by atoms with Gasteiger partial charge in [-0.15, -0.1) is 0 Å². The van der Waals surface area contributed by atoms with Crippen LogP contribution in [0, 0.1) is 41.4 Å². The molecule has 0 aliphatic heterocycles. The highest BCUT2D eigenvalue weighted by Gasteiger charge is 2.64. The van der Waals surface area contributed by atoms with Gasteiger partial charge in [0.1, 0.15) is 0 Å². The highest BCUT2D eigenvalue weighted by molar-refractivity contribution is 5.11. The molecule has 8 atom stereocenters. The first-order valence-electron chi connectivity index (χ1n) is 8.19. The first kappa shape index (κ1) is 14.6. The van der Waals surface area contributed by atoms with E-state index in [1.54, 1.807) is 0 Å². The van der Waals surface area contributed by atoms with Crippen LogP contribution in [-0.4, -0.2) is 17.0 Å². The Balaban J connectivity index is 1.55. The molecule has 0 aromatic heterocycles. The van der Waals surface area contributed by atoms with Gasteiger partial charge in [-0.1, -0.05) is 0 Å². The molecular formula is C15H20F3N3O. The summed E-state index contributed by atoms with van der Waals surface area (Å²) in [4.78, 5) is 2.24. The minimum atomic E-state index is -4.91. The van der Waals surface area contributed by atoms with Gasteiger partial charge in [0, 0.05) is 4.91 Å². The maximum atomic E-state index is 13.1. The van der Waals surface area contributed by atoms with Gasteiger partial charge in [-0.25, -0.2) is 0 Å². The van der Waals surface area contributed by atoms with Crippen molar-refractivity contribution in [3.63, 3.8) is 0 Å². The second-order valence-electron chi connectivity index (χ2n) is 7.85. The van der Waals surface area contributed by atoms with E-state index in [0.717, 1.165) is 24.7 Å². The number of azide groups is 1. The molecule has 4 aliphatic carbocycles. The summed E-state index contributed by atoms with van der Waals surface area (Å²) < 4.78 is 39.3. The van der Waals surface area contributed by atoms with Crippen LogP contribution < -0.4 is 0 Å². The molecule has 0 aromatic rings. The Bertz CT molecular complexity index is 533. The summed E-state index contributed by atoms with van der Waals surface area (Å²) in [5.41, 5.74) is 5.16. The van der Waals surface area contributed by atoms with Gasteiger partial charge in [0.15, 0.2) is 0 Å². The Labute approximate surface area is 126 Å². The molecule has 4 rings (SSSR count). The third-order valence-corrected chi connectivity index (χ3v) is 7.08. The zero-order valence-electron chi connectivity index (χ0n) is 12.2. The van der Waals surface area contributed by atoms with Crippen LogP contribution in [0.2, 0.25) is 0 Å². The van der Waals surface area contributed by atoms with Gasteiger partial charge in [0.2, 0.25) is 5.72 Å². The van der Waals surface area contributed by atoms with Gasteiger partial charge >= 0.3 is 6.18 Å². The molecule has 22 heavy (non-hydrogen) atoms. The Morgan fingerprint density at radius 1 is 1.05 bits per heavy atom. The van der Waals surface area contributed by atoms with Crippen molar-refractivity contribution in [2.75, 3.05) is 0 Å². The van der Waals surface area contributed by atoms with Crippen molar-refractivity contribution in [3.05, 3.63) is 10.4 Å². The first-order valence-corrected chi connectivity index (χ1v) is 8.19. The lowest BCUT2D eigenvalue weighted by Gasteiger charge is -2.40.